The van der Waals surface area contributed by atoms with Gasteiger partial charge in [0.2, 0.25) is 0 Å². The molecule has 8 heteroatoms. The first-order chi connectivity index (χ1) is 13.9. The molecule has 0 spiro atoms. The van der Waals surface area contributed by atoms with E-state index in [9.17, 15) is 9.59 Å². The van der Waals surface area contributed by atoms with Gasteiger partial charge in [0.25, 0.3) is 11.5 Å². The largest absolute Gasteiger partial charge is 0.495 e. The van der Waals surface area contributed by atoms with Crippen LogP contribution in [0.1, 0.15) is 17.3 Å². The van der Waals surface area contributed by atoms with Crippen molar-refractivity contribution in [3.63, 3.8) is 0 Å². The van der Waals surface area contributed by atoms with Gasteiger partial charge in [-0.3, -0.25) is 9.59 Å². The molecule has 3 aromatic rings. The van der Waals surface area contributed by atoms with Crippen LogP contribution in [0.2, 0.25) is 5.02 Å². The number of halogens is 1. The van der Waals surface area contributed by atoms with Crippen LogP contribution >= 0.6 is 11.6 Å². The lowest BCUT2D eigenvalue weighted by molar-refractivity contribution is 0.102. The van der Waals surface area contributed by atoms with Gasteiger partial charge in [0.1, 0.15) is 5.75 Å². The average molecular weight is 417 g/mol. The molecule has 1 N–H and O–H groups in total. The maximum atomic E-state index is 13.1. The molecule has 0 aliphatic rings. The van der Waals surface area contributed by atoms with Crippen LogP contribution in [0.4, 0.5) is 5.69 Å². The summed E-state index contributed by atoms with van der Waals surface area (Å²) in [6, 6.07) is 8.13. The predicted molar refractivity (Wildman–Crippen MR) is 113 cm³/mol. The molecule has 29 heavy (non-hydrogen) atoms. The number of ether oxygens (including phenoxy) is 3. The molecule has 0 radical (unpaired) electrons. The fourth-order valence-corrected chi connectivity index (χ4v) is 3.27. The number of nitrogens with zero attached hydrogens (tertiary/aromatic N) is 1. The summed E-state index contributed by atoms with van der Waals surface area (Å²) in [6.07, 6.45) is 1.53. The number of nitrogens with one attached hydrogen (secondary N) is 1. The van der Waals surface area contributed by atoms with Gasteiger partial charge in [0.15, 0.2) is 11.5 Å². The molecule has 0 unspecified atom stereocenters. The SMILES string of the molecule is CCn1cc(C(=O)Nc2cc(Cl)ccc2OC)c2cc(OC)c(OC)cc2c1=O. The molecule has 152 valence electrons. The summed E-state index contributed by atoms with van der Waals surface area (Å²) in [5.74, 6) is 0.886. The molecule has 0 aliphatic heterocycles. The molecular formula is C21H21ClN2O5. The number of aromatic nitrogens is 1. The number of carbonyl (C=O) groups is 1. The van der Waals surface area contributed by atoms with Gasteiger partial charge in [-0.1, -0.05) is 11.6 Å². The molecule has 1 aromatic heterocycles. The summed E-state index contributed by atoms with van der Waals surface area (Å²) in [6.45, 7) is 2.24. The number of benzene rings is 2. The highest BCUT2D eigenvalue weighted by atomic mass is 35.5. The summed E-state index contributed by atoms with van der Waals surface area (Å²) in [7, 11) is 4.49. The molecule has 1 heterocycles. The highest BCUT2D eigenvalue weighted by Crippen LogP contribution is 2.33. The Labute approximate surface area is 172 Å². The third kappa shape index (κ3) is 3.86. The van der Waals surface area contributed by atoms with E-state index in [2.05, 4.69) is 5.32 Å². The Balaban J connectivity index is 2.20. The first-order valence-corrected chi connectivity index (χ1v) is 9.25. The molecule has 1 amide bonds. The summed E-state index contributed by atoms with van der Waals surface area (Å²) >= 11 is 6.06. The van der Waals surface area contributed by atoms with Crippen LogP contribution in [0.15, 0.2) is 41.3 Å². The zero-order valence-electron chi connectivity index (χ0n) is 16.5. The maximum Gasteiger partial charge on any atom is 0.258 e. The van der Waals surface area contributed by atoms with E-state index in [1.807, 2.05) is 6.92 Å². The third-order valence-electron chi connectivity index (χ3n) is 4.59. The zero-order chi connectivity index (χ0) is 21.1. The molecule has 0 atom stereocenters. The minimum Gasteiger partial charge on any atom is -0.495 e. The monoisotopic (exact) mass is 416 g/mol. The van der Waals surface area contributed by atoms with Crippen molar-refractivity contribution in [1.29, 1.82) is 0 Å². The second-order valence-corrected chi connectivity index (χ2v) is 6.62. The molecule has 0 saturated carbocycles. The summed E-state index contributed by atoms with van der Waals surface area (Å²) in [5.41, 5.74) is 0.512. The molecule has 2 aromatic carbocycles. The Morgan fingerprint density at radius 1 is 1.00 bits per heavy atom. The lowest BCUT2D eigenvalue weighted by atomic mass is 10.1. The number of carbonyl (C=O) groups excluding carboxylic acids is 1. The molecule has 0 saturated heterocycles. The number of aryl methyl sites for hydroxylation is 1. The van der Waals surface area contributed by atoms with Gasteiger partial charge in [-0.05, 0) is 37.3 Å². The summed E-state index contributed by atoms with van der Waals surface area (Å²) < 4.78 is 17.4. The molecule has 0 bridgehead atoms. The van der Waals surface area contributed by atoms with Crippen LogP contribution in [0, 0.1) is 0 Å². The van der Waals surface area contributed by atoms with Crippen molar-refractivity contribution < 1.29 is 19.0 Å². The Morgan fingerprint density at radius 3 is 2.21 bits per heavy atom. The normalized spacial score (nSPS) is 10.7. The fourth-order valence-electron chi connectivity index (χ4n) is 3.10. The number of methoxy groups -OCH3 is 3. The van der Waals surface area contributed by atoms with Crippen molar-refractivity contribution in [3.05, 3.63) is 57.5 Å². The molecule has 0 aliphatic carbocycles. The predicted octanol–water partition coefficient (Wildman–Crippen LogP) is 3.95. The fraction of sp³-hybridized carbons (Fsp3) is 0.238. The van der Waals surface area contributed by atoms with Crippen LogP contribution in [0.5, 0.6) is 17.2 Å². The van der Waals surface area contributed by atoms with Crippen molar-refractivity contribution in [3.8, 4) is 17.2 Å². The van der Waals surface area contributed by atoms with Gasteiger partial charge in [0, 0.05) is 23.2 Å². The van der Waals surface area contributed by atoms with E-state index in [-0.39, 0.29) is 5.56 Å². The number of pyridine rings is 1. The Morgan fingerprint density at radius 2 is 1.62 bits per heavy atom. The molecule has 3 rings (SSSR count). The topological polar surface area (TPSA) is 78.8 Å². The van der Waals surface area contributed by atoms with E-state index >= 15 is 0 Å². The van der Waals surface area contributed by atoms with Gasteiger partial charge in [-0.15, -0.1) is 0 Å². The lowest BCUT2D eigenvalue weighted by Gasteiger charge is -2.15. The molecule has 0 fully saturated rings. The molecule has 7 nitrogen and oxygen atoms in total. The number of rotatable bonds is 6. The van der Waals surface area contributed by atoms with E-state index in [0.717, 1.165) is 0 Å². The van der Waals surface area contributed by atoms with Gasteiger partial charge >= 0.3 is 0 Å². The van der Waals surface area contributed by atoms with Gasteiger partial charge in [-0.25, -0.2) is 0 Å². The van der Waals surface area contributed by atoms with Crippen LogP contribution in [-0.4, -0.2) is 31.8 Å². The lowest BCUT2D eigenvalue weighted by Crippen LogP contribution is -2.23. The number of hydrogen-bond donors (Lipinski definition) is 1. The number of hydrogen-bond acceptors (Lipinski definition) is 5. The number of anilines is 1. The van der Waals surface area contributed by atoms with E-state index in [4.69, 9.17) is 25.8 Å². The maximum absolute atomic E-state index is 13.1. The minimum absolute atomic E-state index is 0.222. The Hall–Kier alpha value is -3.19. The second-order valence-electron chi connectivity index (χ2n) is 6.19. The quantitative estimate of drug-likeness (QED) is 0.658. The smallest absolute Gasteiger partial charge is 0.258 e. The van der Waals surface area contributed by atoms with Gasteiger partial charge in [-0.2, -0.15) is 0 Å². The van der Waals surface area contributed by atoms with Crippen LogP contribution < -0.4 is 25.1 Å². The summed E-state index contributed by atoms with van der Waals surface area (Å²) in [5, 5.41) is 4.08. The zero-order valence-corrected chi connectivity index (χ0v) is 17.3. The Bertz CT molecular complexity index is 1140. The van der Waals surface area contributed by atoms with Crippen LogP contribution in [-0.2, 0) is 6.54 Å². The summed E-state index contributed by atoms with van der Waals surface area (Å²) in [4.78, 5) is 25.9. The van der Waals surface area contributed by atoms with E-state index in [0.29, 0.717) is 50.8 Å². The highest BCUT2D eigenvalue weighted by molar-refractivity contribution is 6.31. The number of fused-ring (bicyclic) bond motifs is 1. The first kappa shape index (κ1) is 20.5. The van der Waals surface area contributed by atoms with Crippen molar-refractivity contribution >= 4 is 34.0 Å². The first-order valence-electron chi connectivity index (χ1n) is 8.87. The third-order valence-corrected chi connectivity index (χ3v) is 4.82. The standard InChI is InChI=1S/C21H21ClN2O5/c1-5-24-11-15(20(25)23-16-8-12(22)6-7-17(16)27-2)13-9-18(28-3)19(29-4)10-14(13)21(24)26/h6-11H,5H2,1-4H3,(H,23,25). The van der Waals surface area contributed by atoms with Gasteiger partial charge in [0.05, 0.1) is 38.0 Å². The van der Waals surface area contributed by atoms with Crippen molar-refractivity contribution in [1.82, 2.24) is 4.57 Å². The van der Waals surface area contributed by atoms with Crippen LogP contribution in [0.25, 0.3) is 10.8 Å². The molecular weight excluding hydrogens is 396 g/mol. The minimum atomic E-state index is -0.412. The average Bonchev–Trinajstić information content (AvgIpc) is 2.73. The highest BCUT2D eigenvalue weighted by Gasteiger charge is 2.19. The second kappa shape index (κ2) is 8.45. The van der Waals surface area contributed by atoms with Crippen molar-refractivity contribution in [2.45, 2.75) is 13.5 Å². The van der Waals surface area contributed by atoms with E-state index < -0.39 is 5.91 Å². The van der Waals surface area contributed by atoms with Crippen molar-refractivity contribution in [2.75, 3.05) is 26.6 Å². The van der Waals surface area contributed by atoms with Crippen molar-refractivity contribution in [2.24, 2.45) is 0 Å². The van der Waals surface area contributed by atoms with E-state index in [1.165, 1.54) is 32.1 Å². The van der Waals surface area contributed by atoms with Crippen LogP contribution in [0.3, 0.4) is 0 Å². The number of amides is 1. The van der Waals surface area contributed by atoms with Gasteiger partial charge < -0.3 is 24.1 Å². The Kier molecular flexibility index (Phi) is 5.98. The van der Waals surface area contributed by atoms with E-state index in [1.54, 1.807) is 30.3 Å².